The Kier molecular flexibility index (Phi) is 9.28. The van der Waals surface area contributed by atoms with Crippen molar-refractivity contribution in [2.24, 2.45) is 11.8 Å². The fraction of sp³-hybridized carbons (Fsp3) is 0.750. The lowest BCUT2D eigenvalue weighted by Gasteiger charge is -2.39. The molecule has 3 amide bonds. The molecule has 1 N–H and O–H groups in total. The van der Waals surface area contributed by atoms with E-state index in [2.05, 4.69) is 18.1 Å². The highest BCUT2D eigenvalue weighted by molar-refractivity contribution is 5.99. The molecule has 4 heterocycles. The van der Waals surface area contributed by atoms with Gasteiger partial charge in [0.1, 0.15) is 11.6 Å². The molecule has 38 heavy (non-hydrogen) atoms. The number of carbonyl (C=O) groups excluding carboxylic acids is 3. The van der Waals surface area contributed by atoms with E-state index in [1.807, 2.05) is 6.92 Å². The molecule has 0 aromatic heterocycles. The minimum absolute atomic E-state index is 0.114. The summed E-state index contributed by atoms with van der Waals surface area (Å²) in [5, 5.41) is 10.1. The van der Waals surface area contributed by atoms with E-state index in [0.29, 0.717) is 58.8 Å². The minimum Gasteiger partial charge on any atom is -0.394 e. The molecule has 2 bridgehead atoms. The molecule has 2 unspecified atom stereocenters. The first-order valence-corrected chi connectivity index (χ1v) is 14.0. The van der Waals surface area contributed by atoms with Gasteiger partial charge >= 0.3 is 0 Å². The van der Waals surface area contributed by atoms with E-state index in [1.165, 1.54) is 4.90 Å². The predicted octanol–water partition coefficient (Wildman–Crippen LogP) is 0.513. The largest absolute Gasteiger partial charge is 0.394 e. The Labute approximate surface area is 226 Å². The highest BCUT2D eigenvalue weighted by Gasteiger charge is 2.75. The van der Waals surface area contributed by atoms with E-state index in [1.54, 1.807) is 28.9 Å². The number of ether oxygens (including phenoxy) is 2. The van der Waals surface area contributed by atoms with Gasteiger partial charge in [-0.3, -0.25) is 19.3 Å². The van der Waals surface area contributed by atoms with Gasteiger partial charge in [-0.15, -0.1) is 13.2 Å². The average Bonchev–Trinajstić information content (AvgIpc) is 3.57. The molecule has 1 spiro atoms. The van der Waals surface area contributed by atoms with Crippen LogP contribution in [-0.4, -0.2) is 132 Å². The Hall–Kier alpha value is -2.27. The van der Waals surface area contributed by atoms with Gasteiger partial charge in [0.25, 0.3) is 0 Å². The summed E-state index contributed by atoms with van der Waals surface area (Å²) in [4.78, 5) is 49.4. The van der Waals surface area contributed by atoms with Crippen LogP contribution in [0.2, 0.25) is 0 Å². The van der Waals surface area contributed by atoms with Crippen molar-refractivity contribution in [3.05, 3.63) is 25.3 Å². The third kappa shape index (κ3) is 5.03. The van der Waals surface area contributed by atoms with Crippen LogP contribution in [-0.2, 0) is 23.9 Å². The summed E-state index contributed by atoms with van der Waals surface area (Å²) in [6, 6.07) is -1.48. The zero-order chi connectivity index (χ0) is 27.4. The van der Waals surface area contributed by atoms with Crippen LogP contribution in [0.4, 0.5) is 0 Å². The van der Waals surface area contributed by atoms with Gasteiger partial charge in [0.2, 0.25) is 17.7 Å². The number of fused-ring (bicyclic) bond motifs is 1. The standard InChI is InChI=1S/C28H44N4O6/c1-5-10-30(11-6-2)25(34)22-21-8-9-28(38-21)23(22)26(35)32(20(4)19-33)24(28)27(36)31(12-7-3)14-13-29-15-17-37-18-16-29/h5,7,20-24,33H,1,3,6,8-19H2,2,4H3/t20-,21-,22+,23+,24?,28?/m1/s1. The molecule has 10 nitrogen and oxygen atoms in total. The number of nitrogens with zero attached hydrogens (tertiary/aromatic N) is 4. The van der Waals surface area contributed by atoms with Crippen LogP contribution in [0.1, 0.15) is 33.1 Å². The van der Waals surface area contributed by atoms with E-state index in [9.17, 15) is 19.5 Å². The van der Waals surface area contributed by atoms with Crippen molar-refractivity contribution in [3.63, 3.8) is 0 Å². The average molecular weight is 533 g/mol. The SMILES string of the molecule is C=CCN(CCN1CCOCC1)C(=O)C1N([C@H](C)CO)C(=O)[C@@H]2[C@@H](C(=O)N(CC=C)CCC)[C@H]3CCC12O3. The molecule has 0 aliphatic carbocycles. The summed E-state index contributed by atoms with van der Waals surface area (Å²) in [6.07, 6.45) is 4.93. The van der Waals surface area contributed by atoms with Crippen molar-refractivity contribution in [1.82, 2.24) is 19.6 Å². The number of carbonyl (C=O) groups is 3. The van der Waals surface area contributed by atoms with E-state index >= 15 is 0 Å². The van der Waals surface area contributed by atoms with Gasteiger partial charge in [-0.05, 0) is 26.2 Å². The summed E-state index contributed by atoms with van der Waals surface area (Å²) < 4.78 is 12.0. The Morgan fingerprint density at radius 1 is 1.16 bits per heavy atom. The van der Waals surface area contributed by atoms with Crippen molar-refractivity contribution in [2.45, 2.75) is 56.9 Å². The number of aliphatic hydroxyl groups is 1. The van der Waals surface area contributed by atoms with Crippen LogP contribution in [0.25, 0.3) is 0 Å². The second-order valence-corrected chi connectivity index (χ2v) is 10.9. The normalized spacial score (nSPS) is 31.2. The Morgan fingerprint density at radius 3 is 2.42 bits per heavy atom. The minimum atomic E-state index is -1.08. The van der Waals surface area contributed by atoms with Crippen molar-refractivity contribution in [1.29, 1.82) is 0 Å². The molecular weight excluding hydrogens is 488 g/mol. The molecule has 0 aromatic rings. The zero-order valence-electron chi connectivity index (χ0n) is 22.9. The second kappa shape index (κ2) is 12.3. The number of aliphatic hydroxyl groups excluding tert-OH is 1. The molecule has 0 aromatic carbocycles. The summed E-state index contributed by atoms with van der Waals surface area (Å²) in [6.45, 7) is 16.5. The number of likely N-dealkylation sites (tertiary alicyclic amines) is 1. The maximum Gasteiger partial charge on any atom is 0.248 e. The van der Waals surface area contributed by atoms with E-state index in [-0.39, 0.29) is 24.3 Å². The van der Waals surface area contributed by atoms with Crippen LogP contribution >= 0.6 is 0 Å². The third-order valence-electron chi connectivity index (χ3n) is 8.60. The van der Waals surface area contributed by atoms with Gasteiger partial charge in [0.15, 0.2) is 0 Å². The van der Waals surface area contributed by atoms with Crippen molar-refractivity contribution >= 4 is 17.7 Å². The van der Waals surface area contributed by atoms with Gasteiger partial charge in [-0.25, -0.2) is 0 Å². The molecule has 4 aliphatic heterocycles. The summed E-state index contributed by atoms with van der Waals surface area (Å²) in [5.41, 5.74) is -1.08. The van der Waals surface area contributed by atoms with E-state index in [4.69, 9.17) is 9.47 Å². The topological polar surface area (TPSA) is 103 Å². The first kappa shape index (κ1) is 28.7. The number of hydrogen-bond donors (Lipinski definition) is 1. The first-order chi connectivity index (χ1) is 18.3. The van der Waals surface area contributed by atoms with Gasteiger partial charge in [-0.1, -0.05) is 19.1 Å². The zero-order valence-corrected chi connectivity index (χ0v) is 22.9. The summed E-state index contributed by atoms with van der Waals surface area (Å²) in [5.74, 6) is -1.98. The monoisotopic (exact) mass is 532 g/mol. The third-order valence-corrected chi connectivity index (χ3v) is 8.60. The van der Waals surface area contributed by atoms with Crippen LogP contribution in [0, 0.1) is 11.8 Å². The van der Waals surface area contributed by atoms with Crippen LogP contribution < -0.4 is 0 Å². The van der Waals surface area contributed by atoms with Crippen LogP contribution in [0.5, 0.6) is 0 Å². The van der Waals surface area contributed by atoms with E-state index < -0.39 is 35.6 Å². The van der Waals surface area contributed by atoms with Gasteiger partial charge in [0, 0.05) is 45.8 Å². The molecule has 4 rings (SSSR count). The highest BCUT2D eigenvalue weighted by atomic mass is 16.5. The number of morpholine rings is 1. The molecule has 4 fully saturated rings. The fourth-order valence-electron chi connectivity index (χ4n) is 6.85. The lowest BCUT2D eigenvalue weighted by atomic mass is 9.70. The maximum absolute atomic E-state index is 14.3. The Balaban J connectivity index is 1.65. The van der Waals surface area contributed by atoms with Crippen molar-refractivity contribution < 1.29 is 29.0 Å². The van der Waals surface area contributed by atoms with Gasteiger partial charge in [-0.2, -0.15) is 0 Å². The van der Waals surface area contributed by atoms with Gasteiger partial charge < -0.3 is 29.3 Å². The van der Waals surface area contributed by atoms with Crippen molar-refractivity contribution in [3.8, 4) is 0 Å². The Bertz CT molecular complexity index is 908. The molecule has 4 aliphatic rings. The smallest absolute Gasteiger partial charge is 0.248 e. The summed E-state index contributed by atoms with van der Waals surface area (Å²) in [7, 11) is 0. The van der Waals surface area contributed by atoms with Crippen LogP contribution in [0.3, 0.4) is 0 Å². The predicted molar refractivity (Wildman–Crippen MR) is 142 cm³/mol. The lowest BCUT2D eigenvalue weighted by Crippen LogP contribution is -2.59. The molecule has 0 saturated carbocycles. The Morgan fingerprint density at radius 2 is 1.82 bits per heavy atom. The first-order valence-electron chi connectivity index (χ1n) is 14.0. The summed E-state index contributed by atoms with van der Waals surface area (Å²) >= 11 is 0. The molecule has 0 radical (unpaired) electrons. The fourth-order valence-corrected chi connectivity index (χ4v) is 6.85. The quantitative estimate of drug-likeness (QED) is 0.345. The molecule has 10 heteroatoms. The molecule has 212 valence electrons. The maximum atomic E-state index is 14.3. The van der Waals surface area contributed by atoms with Crippen molar-refractivity contribution in [2.75, 3.05) is 65.6 Å². The van der Waals surface area contributed by atoms with Gasteiger partial charge in [0.05, 0.1) is 43.8 Å². The molecule has 6 atom stereocenters. The molecular formula is C28H44N4O6. The number of amides is 3. The highest BCUT2D eigenvalue weighted by Crippen LogP contribution is 2.59. The molecule has 4 saturated heterocycles. The number of hydrogen-bond acceptors (Lipinski definition) is 7. The number of rotatable bonds is 13. The lowest BCUT2D eigenvalue weighted by molar-refractivity contribution is -0.151. The second-order valence-electron chi connectivity index (χ2n) is 10.9. The van der Waals surface area contributed by atoms with E-state index in [0.717, 1.165) is 19.5 Å². The van der Waals surface area contributed by atoms with Crippen LogP contribution in [0.15, 0.2) is 25.3 Å².